The summed E-state index contributed by atoms with van der Waals surface area (Å²) in [4.78, 5) is 11.5. The fourth-order valence-electron chi connectivity index (χ4n) is 2.04. The molecule has 0 aromatic rings. The highest BCUT2D eigenvalue weighted by molar-refractivity contribution is 5.69. The van der Waals surface area contributed by atoms with E-state index in [-0.39, 0.29) is 6.42 Å². The van der Waals surface area contributed by atoms with Gasteiger partial charge in [0.2, 0.25) is 0 Å². The van der Waals surface area contributed by atoms with Crippen molar-refractivity contribution in [3.63, 3.8) is 0 Å². The Morgan fingerprint density at radius 1 is 0.944 bits per heavy atom. The first-order chi connectivity index (χ1) is 10.7. The van der Waals surface area contributed by atoms with Crippen molar-refractivity contribution in [1.82, 2.24) is 0 Å². The van der Waals surface area contributed by atoms with Crippen LogP contribution in [0.4, 0.5) is 0 Å². The molecule has 0 N–H and O–H groups in total. The summed E-state index contributed by atoms with van der Waals surface area (Å²) in [5.74, 6) is -0.776. The lowest BCUT2D eigenvalue weighted by Gasteiger charge is -2.03. The first kappa shape index (κ1) is 10.3. The SMILES string of the molecule is [2H]C([2H])([2H])C([2H])([2H])OC(=O)CCCCCCCCCCCCC. The number of carbonyl (C=O) groups is 1. The number of rotatable bonds is 13. The molecule has 0 saturated heterocycles. The van der Waals surface area contributed by atoms with Gasteiger partial charge in [-0.2, -0.15) is 0 Å². The van der Waals surface area contributed by atoms with Gasteiger partial charge in [-0.05, 0) is 13.3 Å². The average molecular weight is 261 g/mol. The zero-order chi connectivity index (χ0) is 17.8. The minimum Gasteiger partial charge on any atom is -0.466 e. The molecule has 0 unspecified atom stereocenters. The number of esters is 1. The molecular weight excluding hydrogens is 224 g/mol. The Kier molecular flexibility index (Phi) is 8.30. The smallest absolute Gasteiger partial charge is 0.305 e. The highest BCUT2D eigenvalue weighted by atomic mass is 16.5. The molecule has 0 bridgehead atoms. The molecule has 0 aromatic carbocycles. The van der Waals surface area contributed by atoms with Gasteiger partial charge in [-0.1, -0.05) is 71.1 Å². The van der Waals surface area contributed by atoms with Crippen LogP contribution < -0.4 is 0 Å². The average Bonchev–Trinajstić information content (AvgIpc) is 2.43. The van der Waals surface area contributed by atoms with E-state index in [9.17, 15) is 4.79 Å². The maximum atomic E-state index is 11.5. The molecule has 18 heavy (non-hydrogen) atoms. The third-order valence-corrected chi connectivity index (χ3v) is 3.15. The van der Waals surface area contributed by atoms with Crippen molar-refractivity contribution in [2.24, 2.45) is 0 Å². The van der Waals surface area contributed by atoms with Crippen molar-refractivity contribution in [1.29, 1.82) is 0 Å². The summed E-state index contributed by atoms with van der Waals surface area (Å²) >= 11 is 0. The van der Waals surface area contributed by atoms with Crippen molar-refractivity contribution < 1.29 is 16.4 Å². The Morgan fingerprint density at radius 2 is 1.44 bits per heavy atom. The van der Waals surface area contributed by atoms with Crippen LogP contribution in [0.5, 0.6) is 0 Å². The molecule has 0 heterocycles. The standard InChI is InChI=1S/C16H32O2/c1-3-5-6-7-8-9-10-11-12-13-14-15-16(17)18-4-2/h3-15H2,1-2H3/i2D3,4D2. The number of ether oxygens (including phenoxy) is 1. The Morgan fingerprint density at radius 3 is 1.94 bits per heavy atom. The van der Waals surface area contributed by atoms with E-state index < -0.39 is 19.4 Å². The van der Waals surface area contributed by atoms with E-state index in [4.69, 9.17) is 6.85 Å². The van der Waals surface area contributed by atoms with E-state index in [1.807, 2.05) is 0 Å². The number of hydrogen-bond donors (Lipinski definition) is 0. The van der Waals surface area contributed by atoms with Crippen LogP contribution in [0.15, 0.2) is 0 Å². The van der Waals surface area contributed by atoms with Crippen LogP contribution in [0.25, 0.3) is 0 Å². The lowest BCUT2D eigenvalue weighted by molar-refractivity contribution is -0.143. The van der Waals surface area contributed by atoms with Gasteiger partial charge in [0, 0.05) is 10.5 Å². The van der Waals surface area contributed by atoms with Gasteiger partial charge in [-0.25, -0.2) is 0 Å². The molecule has 0 radical (unpaired) electrons. The van der Waals surface area contributed by atoms with Gasteiger partial charge in [-0.15, -0.1) is 0 Å². The van der Waals surface area contributed by atoms with Crippen molar-refractivity contribution in [2.45, 2.75) is 90.8 Å². The van der Waals surface area contributed by atoms with Crippen LogP contribution >= 0.6 is 0 Å². The lowest BCUT2D eigenvalue weighted by Crippen LogP contribution is -2.03. The van der Waals surface area contributed by atoms with Crippen LogP contribution in [0.2, 0.25) is 0 Å². The fourth-order valence-corrected chi connectivity index (χ4v) is 2.04. The highest BCUT2D eigenvalue weighted by Crippen LogP contribution is 2.11. The third-order valence-electron chi connectivity index (χ3n) is 3.15. The number of unbranched alkanes of at least 4 members (excludes halogenated alkanes) is 10. The lowest BCUT2D eigenvalue weighted by atomic mass is 10.1. The molecule has 0 aliphatic heterocycles. The van der Waals surface area contributed by atoms with E-state index >= 15 is 0 Å². The Labute approximate surface area is 121 Å². The van der Waals surface area contributed by atoms with Gasteiger partial charge in [0.15, 0.2) is 0 Å². The molecule has 108 valence electrons. The topological polar surface area (TPSA) is 26.3 Å². The van der Waals surface area contributed by atoms with Crippen molar-refractivity contribution in [3.8, 4) is 0 Å². The first-order valence-electron chi connectivity index (χ1n) is 9.92. The molecule has 0 saturated carbocycles. The first-order valence-corrected chi connectivity index (χ1v) is 7.42. The van der Waals surface area contributed by atoms with Gasteiger partial charge < -0.3 is 4.74 Å². The monoisotopic (exact) mass is 261 g/mol. The van der Waals surface area contributed by atoms with Crippen molar-refractivity contribution in [3.05, 3.63) is 0 Å². The zero-order valence-electron chi connectivity index (χ0n) is 16.8. The van der Waals surface area contributed by atoms with Crippen molar-refractivity contribution >= 4 is 5.97 Å². The van der Waals surface area contributed by atoms with Gasteiger partial charge >= 0.3 is 5.97 Å². The highest BCUT2D eigenvalue weighted by Gasteiger charge is 2.00. The molecule has 2 heteroatoms. The van der Waals surface area contributed by atoms with Gasteiger partial charge in [0.05, 0.1) is 9.30 Å². The Hall–Kier alpha value is -0.530. The van der Waals surface area contributed by atoms with Crippen LogP contribution in [0, 0.1) is 0 Å². The molecule has 0 fully saturated rings. The molecule has 0 aliphatic rings. The summed E-state index contributed by atoms with van der Waals surface area (Å²) in [6.45, 7) is -3.63. The molecule has 0 aromatic heterocycles. The summed E-state index contributed by atoms with van der Waals surface area (Å²) in [5.41, 5.74) is 0. The molecule has 0 rings (SSSR count). The van der Waals surface area contributed by atoms with E-state index in [0.29, 0.717) is 6.42 Å². The van der Waals surface area contributed by atoms with Crippen molar-refractivity contribution in [2.75, 3.05) is 6.56 Å². The second-order valence-corrected chi connectivity index (χ2v) is 4.86. The maximum absolute atomic E-state index is 11.5. The van der Waals surface area contributed by atoms with Crippen LogP contribution in [0.1, 0.15) is 97.7 Å². The number of carbonyl (C=O) groups excluding carboxylic acids is 1. The van der Waals surface area contributed by atoms with Crippen LogP contribution in [-0.4, -0.2) is 12.5 Å². The molecule has 0 spiro atoms. The van der Waals surface area contributed by atoms with E-state index in [1.165, 1.54) is 44.9 Å². The van der Waals surface area contributed by atoms with Gasteiger partial charge in [0.25, 0.3) is 0 Å². The minimum absolute atomic E-state index is 0.0760. The summed E-state index contributed by atoms with van der Waals surface area (Å²) in [5, 5.41) is 0. The van der Waals surface area contributed by atoms with Crippen LogP contribution in [0.3, 0.4) is 0 Å². The van der Waals surface area contributed by atoms with E-state index in [1.54, 1.807) is 0 Å². The molecular formula is C16H32O2. The largest absolute Gasteiger partial charge is 0.466 e. The normalized spacial score (nSPS) is 16.2. The Balaban J connectivity index is 3.50. The fraction of sp³-hybridized carbons (Fsp3) is 0.938. The van der Waals surface area contributed by atoms with E-state index in [0.717, 1.165) is 19.3 Å². The predicted molar refractivity (Wildman–Crippen MR) is 77.7 cm³/mol. The van der Waals surface area contributed by atoms with Gasteiger partial charge in [-0.3, -0.25) is 4.79 Å². The second kappa shape index (κ2) is 14.5. The quantitative estimate of drug-likeness (QED) is 0.334. The summed E-state index contributed by atoms with van der Waals surface area (Å²) < 4.78 is 39.8. The van der Waals surface area contributed by atoms with E-state index in [2.05, 4.69) is 11.7 Å². The number of hydrogen-bond acceptors (Lipinski definition) is 2. The Bertz CT molecular complexity index is 316. The molecule has 0 aliphatic carbocycles. The van der Waals surface area contributed by atoms with Gasteiger partial charge in [0.1, 0.15) is 0 Å². The summed E-state index contributed by atoms with van der Waals surface area (Å²) in [6, 6.07) is 0. The second-order valence-electron chi connectivity index (χ2n) is 4.86. The molecule has 2 nitrogen and oxygen atoms in total. The maximum Gasteiger partial charge on any atom is 0.305 e. The zero-order valence-corrected chi connectivity index (χ0v) is 11.8. The molecule has 0 atom stereocenters. The summed E-state index contributed by atoms with van der Waals surface area (Å²) in [6.07, 6.45) is 12.8. The predicted octanol–water partition coefficient (Wildman–Crippen LogP) is 5.25. The van der Waals surface area contributed by atoms with Crippen LogP contribution in [-0.2, 0) is 9.53 Å². The minimum atomic E-state index is -2.94. The third kappa shape index (κ3) is 13.5. The molecule has 0 amide bonds. The summed E-state index contributed by atoms with van der Waals surface area (Å²) in [7, 11) is 0.